The summed E-state index contributed by atoms with van der Waals surface area (Å²) in [4.78, 5) is 15.5. The molecule has 1 aromatic heterocycles. The molecule has 13 heavy (non-hydrogen) atoms. The Morgan fingerprint density at radius 1 is 1.85 bits per heavy atom. The quantitative estimate of drug-likeness (QED) is 0.558. The fourth-order valence-corrected chi connectivity index (χ4v) is 0.789. The fourth-order valence-electron chi connectivity index (χ4n) is 0.789. The Morgan fingerprint density at radius 2 is 2.62 bits per heavy atom. The first-order valence-electron chi connectivity index (χ1n) is 3.71. The smallest absolute Gasteiger partial charge is 0.296 e. The average molecular weight is 185 g/mol. The van der Waals surface area contributed by atoms with Crippen molar-refractivity contribution in [1.82, 2.24) is 20.5 Å². The van der Waals surface area contributed by atoms with Crippen molar-refractivity contribution in [3.05, 3.63) is 11.9 Å². The van der Waals surface area contributed by atoms with Gasteiger partial charge in [0.05, 0.1) is 19.9 Å². The number of hydroxylamine groups is 1. The van der Waals surface area contributed by atoms with Crippen LogP contribution in [-0.2, 0) is 11.4 Å². The first-order chi connectivity index (χ1) is 6.27. The van der Waals surface area contributed by atoms with Crippen molar-refractivity contribution in [3.63, 3.8) is 0 Å². The van der Waals surface area contributed by atoms with Gasteiger partial charge < -0.3 is 5.73 Å². The van der Waals surface area contributed by atoms with E-state index in [2.05, 4.69) is 20.6 Å². The number of nitrogens with zero attached hydrogens (tertiary/aromatic N) is 3. The Balaban J connectivity index is 2.62. The van der Waals surface area contributed by atoms with Crippen LogP contribution in [-0.4, -0.2) is 34.6 Å². The molecule has 7 heteroatoms. The van der Waals surface area contributed by atoms with Crippen LogP contribution >= 0.6 is 0 Å². The standard InChI is InChI=1S/C6H11N5O2/c1-13-9-6(12)5-4-11(3-2-7)10-8-5/h4H,2-3,7H2,1H3,(H,9,12). The third-order valence-electron chi connectivity index (χ3n) is 1.32. The minimum absolute atomic E-state index is 0.204. The van der Waals surface area contributed by atoms with E-state index in [9.17, 15) is 4.79 Å². The summed E-state index contributed by atoms with van der Waals surface area (Å²) in [6, 6.07) is 0. The summed E-state index contributed by atoms with van der Waals surface area (Å²) >= 11 is 0. The van der Waals surface area contributed by atoms with E-state index >= 15 is 0 Å². The Labute approximate surface area is 74.8 Å². The van der Waals surface area contributed by atoms with Gasteiger partial charge in [-0.2, -0.15) is 0 Å². The number of hydrogen-bond donors (Lipinski definition) is 2. The summed E-state index contributed by atoms with van der Waals surface area (Å²) in [5, 5.41) is 7.30. The lowest BCUT2D eigenvalue weighted by Gasteiger charge is -1.95. The van der Waals surface area contributed by atoms with Gasteiger partial charge in [0.15, 0.2) is 5.69 Å². The number of amides is 1. The van der Waals surface area contributed by atoms with Crippen molar-refractivity contribution in [3.8, 4) is 0 Å². The van der Waals surface area contributed by atoms with E-state index in [1.807, 2.05) is 0 Å². The molecule has 1 amide bonds. The molecule has 7 nitrogen and oxygen atoms in total. The van der Waals surface area contributed by atoms with Crippen LogP contribution in [0.15, 0.2) is 6.20 Å². The second-order valence-corrected chi connectivity index (χ2v) is 2.29. The second-order valence-electron chi connectivity index (χ2n) is 2.29. The molecule has 0 spiro atoms. The van der Waals surface area contributed by atoms with Crippen LogP contribution in [0.2, 0.25) is 0 Å². The van der Waals surface area contributed by atoms with E-state index < -0.39 is 5.91 Å². The van der Waals surface area contributed by atoms with Crippen molar-refractivity contribution in [2.75, 3.05) is 13.7 Å². The third-order valence-corrected chi connectivity index (χ3v) is 1.32. The molecule has 0 fully saturated rings. The molecular formula is C6H11N5O2. The molecule has 0 aliphatic heterocycles. The lowest BCUT2D eigenvalue weighted by atomic mass is 10.4. The molecule has 3 N–H and O–H groups in total. The fraction of sp³-hybridized carbons (Fsp3) is 0.500. The minimum atomic E-state index is -0.425. The molecule has 0 saturated heterocycles. The van der Waals surface area contributed by atoms with E-state index in [-0.39, 0.29) is 5.69 Å². The summed E-state index contributed by atoms with van der Waals surface area (Å²) in [6.45, 7) is 0.988. The zero-order valence-electron chi connectivity index (χ0n) is 7.23. The van der Waals surface area contributed by atoms with Crippen LogP contribution in [0.3, 0.4) is 0 Å². The lowest BCUT2D eigenvalue weighted by molar-refractivity contribution is 0.0532. The van der Waals surface area contributed by atoms with Crippen LogP contribution < -0.4 is 11.2 Å². The van der Waals surface area contributed by atoms with Gasteiger partial charge in [-0.05, 0) is 0 Å². The van der Waals surface area contributed by atoms with Crippen molar-refractivity contribution in [2.45, 2.75) is 6.54 Å². The number of nitrogens with one attached hydrogen (secondary N) is 1. The van der Waals surface area contributed by atoms with E-state index in [1.165, 1.54) is 18.0 Å². The first kappa shape index (κ1) is 9.62. The Bertz CT molecular complexity index is 284. The number of hydrogen-bond acceptors (Lipinski definition) is 5. The predicted octanol–water partition coefficient (Wildman–Crippen LogP) is -1.47. The number of carbonyl (C=O) groups excluding carboxylic acids is 1. The number of aromatic nitrogens is 3. The zero-order valence-corrected chi connectivity index (χ0v) is 7.23. The number of nitrogens with two attached hydrogens (primary N) is 1. The molecule has 72 valence electrons. The van der Waals surface area contributed by atoms with E-state index in [0.717, 1.165) is 0 Å². The maximum atomic E-state index is 11.1. The molecule has 1 aromatic rings. The van der Waals surface area contributed by atoms with Crippen LogP contribution in [0.4, 0.5) is 0 Å². The highest BCUT2D eigenvalue weighted by Gasteiger charge is 2.09. The molecule has 0 radical (unpaired) electrons. The normalized spacial score (nSPS) is 10.0. The molecule has 0 aliphatic rings. The largest absolute Gasteiger partial charge is 0.329 e. The van der Waals surface area contributed by atoms with Gasteiger partial charge in [0.1, 0.15) is 0 Å². The maximum Gasteiger partial charge on any atom is 0.296 e. The molecule has 0 aromatic carbocycles. The second kappa shape index (κ2) is 4.53. The topological polar surface area (TPSA) is 95.1 Å². The van der Waals surface area contributed by atoms with Gasteiger partial charge in [-0.3, -0.25) is 14.3 Å². The zero-order chi connectivity index (χ0) is 9.68. The van der Waals surface area contributed by atoms with E-state index in [0.29, 0.717) is 13.1 Å². The molecule has 0 unspecified atom stereocenters. The predicted molar refractivity (Wildman–Crippen MR) is 43.6 cm³/mol. The number of rotatable bonds is 4. The van der Waals surface area contributed by atoms with Crippen LogP contribution in [0.5, 0.6) is 0 Å². The molecule has 1 rings (SSSR count). The lowest BCUT2D eigenvalue weighted by Crippen LogP contribution is -2.22. The average Bonchev–Trinajstić information content (AvgIpc) is 2.54. The molecule has 1 heterocycles. The SMILES string of the molecule is CONC(=O)c1cn(CCN)nn1. The first-order valence-corrected chi connectivity index (χ1v) is 3.71. The van der Waals surface area contributed by atoms with Gasteiger partial charge in [0.25, 0.3) is 5.91 Å². The molecule has 0 atom stereocenters. The van der Waals surface area contributed by atoms with Crippen LogP contribution in [0.1, 0.15) is 10.5 Å². The maximum absolute atomic E-state index is 11.1. The molecule has 0 bridgehead atoms. The van der Waals surface area contributed by atoms with Gasteiger partial charge in [-0.15, -0.1) is 5.10 Å². The Kier molecular flexibility index (Phi) is 3.35. The number of carbonyl (C=O) groups is 1. The van der Waals surface area contributed by atoms with Crippen molar-refractivity contribution in [1.29, 1.82) is 0 Å². The van der Waals surface area contributed by atoms with Gasteiger partial charge in [-0.1, -0.05) is 5.21 Å². The summed E-state index contributed by atoms with van der Waals surface area (Å²) in [5.41, 5.74) is 7.63. The van der Waals surface area contributed by atoms with Gasteiger partial charge in [-0.25, -0.2) is 5.48 Å². The Hall–Kier alpha value is -1.47. The summed E-state index contributed by atoms with van der Waals surface area (Å²) < 4.78 is 1.49. The van der Waals surface area contributed by atoms with Gasteiger partial charge in [0, 0.05) is 6.54 Å². The van der Waals surface area contributed by atoms with Crippen molar-refractivity contribution >= 4 is 5.91 Å². The summed E-state index contributed by atoms with van der Waals surface area (Å²) in [7, 11) is 1.35. The Morgan fingerprint density at radius 3 is 3.23 bits per heavy atom. The monoisotopic (exact) mass is 185 g/mol. The minimum Gasteiger partial charge on any atom is -0.329 e. The summed E-state index contributed by atoms with van der Waals surface area (Å²) in [5.74, 6) is -0.425. The molecule has 0 aliphatic carbocycles. The van der Waals surface area contributed by atoms with Gasteiger partial charge in [0.2, 0.25) is 0 Å². The van der Waals surface area contributed by atoms with E-state index in [1.54, 1.807) is 0 Å². The van der Waals surface area contributed by atoms with Crippen molar-refractivity contribution in [2.24, 2.45) is 5.73 Å². The molecule has 0 saturated carbocycles. The highest BCUT2D eigenvalue weighted by molar-refractivity contribution is 5.90. The van der Waals surface area contributed by atoms with Crippen molar-refractivity contribution < 1.29 is 9.63 Å². The highest BCUT2D eigenvalue weighted by Crippen LogP contribution is 1.91. The van der Waals surface area contributed by atoms with Gasteiger partial charge >= 0.3 is 0 Å². The highest BCUT2D eigenvalue weighted by atomic mass is 16.6. The van der Waals surface area contributed by atoms with Crippen LogP contribution in [0, 0.1) is 0 Å². The van der Waals surface area contributed by atoms with E-state index in [4.69, 9.17) is 5.73 Å². The summed E-state index contributed by atoms with van der Waals surface area (Å²) in [6.07, 6.45) is 1.50. The molecular weight excluding hydrogens is 174 g/mol. The third kappa shape index (κ3) is 2.49. The van der Waals surface area contributed by atoms with Crippen LogP contribution in [0.25, 0.3) is 0 Å².